The third-order valence-corrected chi connectivity index (χ3v) is 3.13. The summed E-state index contributed by atoms with van der Waals surface area (Å²) in [5.41, 5.74) is 5.67. The molecule has 17 heavy (non-hydrogen) atoms. The first-order chi connectivity index (χ1) is 7.94. The summed E-state index contributed by atoms with van der Waals surface area (Å²) in [6.07, 6.45) is 0.652. The lowest BCUT2D eigenvalue weighted by molar-refractivity contribution is -0.0479. The average molecular weight is 243 g/mol. The van der Waals surface area contributed by atoms with Crippen molar-refractivity contribution in [1.82, 2.24) is 0 Å². The van der Waals surface area contributed by atoms with Crippen LogP contribution in [0.5, 0.6) is 0 Å². The van der Waals surface area contributed by atoms with Gasteiger partial charge in [0.05, 0.1) is 11.6 Å². The van der Waals surface area contributed by atoms with Gasteiger partial charge in [0.2, 0.25) is 0 Å². The van der Waals surface area contributed by atoms with Gasteiger partial charge in [-0.1, -0.05) is 13.0 Å². The summed E-state index contributed by atoms with van der Waals surface area (Å²) in [5, 5.41) is 0. The van der Waals surface area contributed by atoms with Crippen molar-refractivity contribution in [2.24, 2.45) is 5.73 Å². The van der Waals surface area contributed by atoms with E-state index in [9.17, 15) is 8.78 Å². The van der Waals surface area contributed by atoms with Crippen LogP contribution in [0.1, 0.15) is 38.8 Å². The van der Waals surface area contributed by atoms with Crippen LogP contribution in [-0.4, -0.2) is 12.2 Å². The van der Waals surface area contributed by atoms with Crippen molar-refractivity contribution in [3.63, 3.8) is 0 Å². The van der Waals surface area contributed by atoms with E-state index in [4.69, 9.17) is 10.5 Å². The topological polar surface area (TPSA) is 35.2 Å². The molecule has 4 heteroatoms. The van der Waals surface area contributed by atoms with Crippen molar-refractivity contribution in [2.75, 3.05) is 6.61 Å². The lowest BCUT2D eigenvalue weighted by Gasteiger charge is -2.34. The van der Waals surface area contributed by atoms with E-state index >= 15 is 0 Å². The Hall–Kier alpha value is -1.00. The summed E-state index contributed by atoms with van der Waals surface area (Å²) in [7, 11) is 0. The fourth-order valence-electron chi connectivity index (χ4n) is 1.82. The number of hydrogen-bond donors (Lipinski definition) is 1. The quantitative estimate of drug-likeness (QED) is 0.862. The Balaban J connectivity index is 3.05. The van der Waals surface area contributed by atoms with E-state index < -0.39 is 23.3 Å². The first-order valence-electron chi connectivity index (χ1n) is 5.79. The smallest absolute Gasteiger partial charge is 0.130 e. The van der Waals surface area contributed by atoms with Crippen LogP contribution in [0.4, 0.5) is 8.78 Å². The zero-order valence-corrected chi connectivity index (χ0v) is 10.5. The molecule has 1 aromatic rings. The Kier molecular flexibility index (Phi) is 4.60. The molecule has 0 saturated heterocycles. The van der Waals surface area contributed by atoms with Crippen LogP contribution in [0.2, 0.25) is 0 Å². The molecule has 1 rings (SSSR count). The van der Waals surface area contributed by atoms with E-state index in [2.05, 4.69) is 0 Å². The molecule has 0 bridgehead atoms. The van der Waals surface area contributed by atoms with E-state index in [-0.39, 0.29) is 5.56 Å². The number of benzene rings is 1. The maximum Gasteiger partial charge on any atom is 0.130 e. The van der Waals surface area contributed by atoms with Crippen LogP contribution >= 0.6 is 0 Å². The van der Waals surface area contributed by atoms with Gasteiger partial charge in [-0.05, 0) is 26.3 Å². The minimum absolute atomic E-state index is 0.282. The van der Waals surface area contributed by atoms with E-state index in [0.717, 1.165) is 6.07 Å². The molecular formula is C13H19F2NO. The molecule has 0 aromatic heterocycles. The normalized spacial score (nSPS) is 16.6. The number of ether oxygens (including phenoxy) is 1. The zero-order chi connectivity index (χ0) is 13.1. The number of hydrogen-bond acceptors (Lipinski definition) is 2. The Bertz CT molecular complexity index is 384. The Morgan fingerprint density at radius 1 is 1.35 bits per heavy atom. The molecule has 2 unspecified atom stereocenters. The Morgan fingerprint density at radius 3 is 2.47 bits per heavy atom. The second-order valence-electron chi connectivity index (χ2n) is 4.24. The monoisotopic (exact) mass is 243 g/mol. The predicted molar refractivity (Wildman–Crippen MR) is 63.6 cm³/mol. The van der Waals surface area contributed by atoms with E-state index in [1.807, 2.05) is 20.8 Å². The molecule has 0 saturated carbocycles. The molecule has 1 aromatic carbocycles. The molecule has 2 atom stereocenters. The van der Waals surface area contributed by atoms with Gasteiger partial charge in [0.15, 0.2) is 0 Å². The van der Waals surface area contributed by atoms with Gasteiger partial charge in [0.25, 0.3) is 0 Å². The molecule has 0 radical (unpaired) electrons. The largest absolute Gasteiger partial charge is 0.374 e. The molecule has 0 spiro atoms. The lowest BCUT2D eigenvalue weighted by atomic mass is 9.88. The number of halogens is 2. The van der Waals surface area contributed by atoms with Crippen molar-refractivity contribution in [3.05, 3.63) is 35.4 Å². The highest BCUT2D eigenvalue weighted by Crippen LogP contribution is 2.31. The van der Waals surface area contributed by atoms with Crippen molar-refractivity contribution in [2.45, 2.75) is 38.8 Å². The van der Waals surface area contributed by atoms with Gasteiger partial charge in [-0.2, -0.15) is 0 Å². The van der Waals surface area contributed by atoms with Crippen molar-refractivity contribution >= 4 is 0 Å². The molecule has 0 heterocycles. The van der Waals surface area contributed by atoms with Crippen LogP contribution in [0, 0.1) is 11.6 Å². The van der Waals surface area contributed by atoms with Crippen LogP contribution in [0.3, 0.4) is 0 Å². The first kappa shape index (κ1) is 14.1. The molecule has 0 aliphatic heterocycles. The van der Waals surface area contributed by atoms with Gasteiger partial charge in [-0.3, -0.25) is 0 Å². The molecule has 0 fully saturated rings. The summed E-state index contributed by atoms with van der Waals surface area (Å²) in [5.74, 6) is -1.23. The zero-order valence-electron chi connectivity index (χ0n) is 10.5. The first-order valence-corrected chi connectivity index (χ1v) is 5.79. The number of rotatable bonds is 5. The van der Waals surface area contributed by atoms with Gasteiger partial charge < -0.3 is 10.5 Å². The van der Waals surface area contributed by atoms with E-state index in [1.54, 1.807) is 0 Å². The summed E-state index contributed by atoms with van der Waals surface area (Å²) in [4.78, 5) is 0. The number of nitrogens with two attached hydrogens (primary N) is 1. The standard InChI is InChI=1S/C13H19F2NO/c1-4-13(3,17-5-2)12(16)10-7-6-9(14)8-11(10)15/h6-8,12H,4-5,16H2,1-3H3. The van der Waals surface area contributed by atoms with Gasteiger partial charge in [-0.25, -0.2) is 8.78 Å². The van der Waals surface area contributed by atoms with Gasteiger partial charge in [0.1, 0.15) is 11.6 Å². The van der Waals surface area contributed by atoms with Gasteiger partial charge in [0, 0.05) is 18.2 Å². The Morgan fingerprint density at radius 2 is 2.00 bits per heavy atom. The van der Waals surface area contributed by atoms with Gasteiger partial charge in [-0.15, -0.1) is 0 Å². The summed E-state index contributed by atoms with van der Waals surface area (Å²) in [6.45, 7) is 6.13. The van der Waals surface area contributed by atoms with Crippen molar-refractivity contribution in [1.29, 1.82) is 0 Å². The lowest BCUT2D eigenvalue weighted by Crippen LogP contribution is -2.41. The highest BCUT2D eigenvalue weighted by atomic mass is 19.1. The van der Waals surface area contributed by atoms with Crippen molar-refractivity contribution in [3.8, 4) is 0 Å². The molecule has 0 amide bonds. The fraction of sp³-hybridized carbons (Fsp3) is 0.538. The highest BCUT2D eigenvalue weighted by Gasteiger charge is 2.33. The van der Waals surface area contributed by atoms with Crippen LogP contribution in [-0.2, 0) is 4.74 Å². The average Bonchev–Trinajstić information content (AvgIpc) is 2.28. The molecule has 2 N–H and O–H groups in total. The van der Waals surface area contributed by atoms with Crippen LogP contribution in [0.15, 0.2) is 18.2 Å². The molecule has 96 valence electrons. The Labute approximate surface area is 101 Å². The summed E-state index contributed by atoms with van der Waals surface area (Å²) >= 11 is 0. The SMILES string of the molecule is CCOC(C)(CC)C(N)c1ccc(F)cc1F. The minimum Gasteiger partial charge on any atom is -0.374 e. The second-order valence-corrected chi connectivity index (χ2v) is 4.24. The predicted octanol–water partition coefficient (Wildman–Crippen LogP) is 3.17. The fourth-order valence-corrected chi connectivity index (χ4v) is 1.82. The molecule has 0 aliphatic carbocycles. The second kappa shape index (κ2) is 5.56. The van der Waals surface area contributed by atoms with Crippen molar-refractivity contribution < 1.29 is 13.5 Å². The molecule has 0 aliphatic rings. The van der Waals surface area contributed by atoms with E-state index in [0.29, 0.717) is 13.0 Å². The minimum atomic E-state index is -0.645. The van der Waals surface area contributed by atoms with Crippen LogP contribution < -0.4 is 5.73 Å². The summed E-state index contributed by atoms with van der Waals surface area (Å²) in [6, 6.07) is 2.81. The maximum atomic E-state index is 13.6. The third-order valence-electron chi connectivity index (χ3n) is 3.13. The molecule has 2 nitrogen and oxygen atoms in total. The maximum absolute atomic E-state index is 13.6. The highest BCUT2D eigenvalue weighted by molar-refractivity contribution is 5.24. The third kappa shape index (κ3) is 3.01. The van der Waals surface area contributed by atoms with Crippen LogP contribution in [0.25, 0.3) is 0 Å². The van der Waals surface area contributed by atoms with Gasteiger partial charge >= 0.3 is 0 Å². The van der Waals surface area contributed by atoms with E-state index in [1.165, 1.54) is 12.1 Å². The molecular weight excluding hydrogens is 224 g/mol. The summed E-state index contributed by atoms with van der Waals surface area (Å²) < 4.78 is 32.1.